The van der Waals surface area contributed by atoms with Crippen LogP contribution in [0, 0.1) is 23.1 Å². The molecule has 2 unspecified atom stereocenters. The highest BCUT2D eigenvalue weighted by Gasteiger charge is 2.40. The molecule has 2 atom stereocenters. The van der Waals surface area contributed by atoms with Crippen molar-refractivity contribution in [3.63, 3.8) is 0 Å². The highest BCUT2D eigenvalue weighted by molar-refractivity contribution is 5.36. The average molecular weight is 287 g/mol. The lowest BCUT2D eigenvalue weighted by Crippen LogP contribution is -2.43. The van der Waals surface area contributed by atoms with E-state index in [9.17, 15) is 4.39 Å². The van der Waals surface area contributed by atoms with Crippen molar-refractivity contribution < 1.29 is 4.39 Å². The van der Waals surface area contributed by atoms with E-state index in [1.807, 2.05) is 19.2 Å². The Kier molecular flexibility index (Phi) is 4.23. The molecule has 1 saturated carbocycles. The summed E-state index contributed by atoms with van der Waals surface area (Å²) in [6, 6.07) is 8.04. The molecule has 0 radical (unpaired) electrons. The van der Waals surface area contributed by atoms with Gasteiger partial charge in [-0.25, -0.2) is 4.39 Å². The van der Waals surface area contributed by atoms with Crippen molar-refractivity contribution in [2.45, 2.75) is 37.8 Å². The molecule has 21 heavy (non-hydrogen) atoms. The average Bonchev–Trinajstić information content (AvgIpc) is 3.33. The Hall–Kier alpha value is -1.44. The van der Waals surface area contributed by atoms with Crippen LogP contribution in [0.15, 0.2) is 18.2 Å². The second-order valence-electron chi connectivity index (χ2n) is 6.22. The molecule has 3 nitrogen and oxygen atoms in total. The Balaban J connectivity index is 1.94. The van der Waals surface area contributed by atoms with E-state index in [2.05, 4.69) is 10.2 Å². The monoisotopic (exact) mass is 287 g/mol. The zero-order chi connectivity index (χ0) is 14.8. The van der Waals surface area contributed by atoms with Gasteiger partial charge in [-0.15, -0.1) is 0 Å². The van der Waals surface area contributed by atoms with Crippen molar-refractivity contribution in [1.29, 1.82) is 5.26 Å². The summed E-state index contributed by atoms with van der Waals surface area (Å²) in [6.45, 7) is 2.09. The molecule has 1 aliphatic heterocycles. The number of benzene rings is 1. The summed E-state index contributed by atoms with van der Waals surface area (Å²) >= 11 is 0. The van der Waals surface area contributed by atoms with E-state index in [0.29, 0.717) is 18.0 Å². The first-order valence-corrected chi connectivity index (χ1v) is 7.84. The Morgan fingerprint density at radius 2 is 2.19 bits per heavy atom. The quantitative estimate of drug-likeness (QED) is 0.925. The third-order valence-electron chi connectivity index (χ3n) is 4.73. The Bertz CT molecular complexity index is 545. The van der Waals surface area contributed by atoms with Crippen LogP contribution in [0.3, 0.4) is 0 Å². The smallest absolute Gasteiger partial charge is 0.140 e. The maximum atomic E-state index is 13.6. The van der Waals surface area contributed by atoms with Gasteiger partial charge in [-0.2, -0.15) is 5.26 Å². The molecule has 2 fully saturated rings. The summed E-state index contributed by atoms with van der Waals surface area (Å²) in [6.07, 6.45) is 4.96. The van der Waals surface area contributed by atoms with Crippen LogP contribution < -0.4 is 5.32 Å². The predicted octanol–water partition coefficient (Wildman–Crippen LogP) is 2.83. The molecule has 3 rings (SSSR count). The van der Waals surface area contributed by atoms with E-state index in [1.165, 1.54) is 31.7 Å². The molecule has 1 aromatic rings. The van der Waals surface area contributed by atoms with Crippen LogP contribution in [-0.4, -0.2) is 31.1 Å². The SMILES string of the molecule is CNCC1CCCN(C2CC2)C1c1ccc(F)c(C#N)c1. The molecule has 0 amide bonds. The molecule has 0 spiro atoms. The van der Waals surface area contributed by atoms with Crippen molar-refractivity contribution in [3.05, 3.63) is 35.1 Å². The summed E-state index contributed by atoms with van der Waals surface area (Å²) in [4.78, 5) is 2.58. The van der Waals surface area contributed by atoms with Gasteiger partial charge in [0.25, 0.3) is 0 Å². The number of hydrogen-bond acceptors (Lipinski definition) is 3. The van der Waals surface area contributed by atoms with Crippen molar-refractivity contribution in [1.82, 2.24) is 10.2 Å². The molecule has 112 valence electrons. The standard InChI is InChI=1S/C17H22FN3/c1-20-11-13-3-2-8-21(15-5-6-15)17(13)12-4-7-16(18)14(9-12)10-19/h4,7,9,13,15,17,20H,2-3,5-6,8,11H2,1H3. The summed E-state index contributed by atoms with van der Waals surface area (Å²) < 4.78 is 13.6. The van der Waals surface area contributed by atoms with Gasteiger partial charge in [-0.3, -0.25) is 4.90 Å². The first-order valence-electron chi connectivity index (χ1n) is 7.84. The van der Waals surface area contributed by atoms with E-state index < -0.39 is 5.82 Å². The number of rotatable bonds is 4. The molecule has 2 aliphatic rings. The molecule has 4 heteroatoms. The van der Waals surface area contributed by atoms with E-state index in [1.54, 1.807) is 6.07 Å². The largest absolute Gasteiger partial charge is 0.319 e. The Morgan fingerprint density at radius 1 is 1.38 bits per heavy atom. The highest BCUT2D eigenvalue weighted by atomic mass is 19.1. The Morgan fingerprint density at radius 3 is 2.86 bits per heavy atom. The van der Waals surface area contributed by atoms with Crippen LogP contribution in [-0.2, 0) is 0 Å². The van der Waals surface area contributed by atoms with Gasteiger partial charge in [0.1, 0.15) is 11.9 Å². The van der Waals surface area contributed by atoms with Crippen LogP contribution in [0.5, 0.6) is 0 Å². The van der Waals surface area contributed by atoms with Gasteiger partial charge in [0, 0.05) is 12.1 Å². The van der Waals surface area contributed by atoms with E-state index in [0.717, 1.165) is 18.7 Å². The predicted molar refractivity (Wildman–Crippen MR) is 80.2 cm³/mol. The van der Waals surface area contributed by atoms with Crippen LogP contribution in [0.2, 0.25) is 0 Å². The fraction of sp³-hybridized carbons (Fsp3) is 0.588. The third kappa shape index (κ3) is 2.95. The number of hydrogen-bond donors (Lipinski definition) is 1. The number of nitrogens with zero attached hydrogens (tertiary/aromatic N) is 2. The van der Waals surface area contributed by atoms with Gasteiger partial charge in [-0.1, -0.05) is 6.07 Å². The molecule has 1 heterocycles. The zero-order valence-corrected chi connectivity index (χ0v) is 12.5. The molecular formula is C17H22FN3. The van der Waals surface area contributed by atoms with Crippen molar-refractivity contribution >= 4 is 0 Å². The lowest BCUT2D eigenvalue weighted by molar-refractivity contribution is 0.0844. The maximum Gasteiger partial charge on any atom is 0.140 e. The molecule has 0 bridgehead atoms. The minimum atomic E-state index is -0.416. The van der Waals surface area contributed by atoms with Gasteiger partial charge in [0.05, 0.1) is 5.56 Å². The molecule has 0 aromatic heterocycles. The second kappa shape index (κ2) is 6.13. The Labute approximate surface area is 125 Å². The van der Waals surface area contributed by atoms with Crippen molar-refractivity contribution in [3.8, 4) is 6.07 Å². The normalized spacial score (nSPS) is 26.5. The number of likely N-dealkylation sites (tertiary alicyclic amines) is 1. The second-order valence-corrected chi connectivity index (χ2v) is 6.22. The number of halogens is 1. The number of piperidine rings is 1. The van der Waals surface area contributed by atoms with Gasteiger partial charge in [-0.05, 0) is 69.4 Å². The topological polar surface area (TPSA) is 39.1 Å². The fourth-order valence-corrected chi connectivity index (χ4v) is 3.67. The van der Waals surface area contributed by atoms with Crippen LogP contribution in [0.25, 0.3) is 0 Å². The van der Waals surface area contributed by atoms with Crippen molar-refractivity contribution in [2.75, 3.05) is 20.1 Å². The van der Waals surface area contributed by atoms with Gasteiger partial charge < -0.3 is 5.32 Å². The first-order chi connectivity index (χ1) is 10.2. The van der Waals surface area contributed by atoms with Crippen LogP contribution >= 0.6 is 0 Å². The summed E-state index contributed by atoms with van der Waals surface area (Å²) in [5.74, 6) is 0.113. The number of nitriles is 1. The lowest BCUT2D eigenvalue weighted by Gasteiger charge is -2.42. The third-order valence-corrected chi connectivity index (χ3v) is 4.73. The molecular weight excluding hydrogens is 265 g/mol. The molecule has 1 aliphatic carbocycles. The minimum Gasteiger partial charge on any atom is -0.319 e. The zero-order valence-electron chi connectivity index (χ0n) is 12.5. The van der Waals surface area contributed by atoms with Gasteiger partial charge in [0.15, 0.2) is 0 Å². The molecule has 1 aromatic carbocycles. The van der Waals surface area contributed by atoms with Crippen molar-refractivity contribution in [2.24, 2.45) is 5.92 Å². The van der Waals surface area contributed by atoms with E-state index in [-0.39, 0.29) is 5.56 Å². The fourth-order valence-electron chi connectivity index (χ4n) is 3.67. The summed E-state index contributed by atoms with van der Waals surface area (Å²) in [5.41, 5.74) is 1.26. The number of nitrogens with one attached hydrogen (secondary N) is 1. The summed E-state index contributed by atoms with van der Waals surface area (Å²) in [5, 5.41) is 12.4. The summed E-state index contributed by atoms with van der Waals surface area (Å²) in [7, 11) is 1.98. The maximum absolute atomic E-state index is 13.6. The van der Waals surface area contributed by atoms with E-state index >= 15 is 0 Å². The molecule has 1 saturated heterocycles. The first kappa shape index (κ1) is 14.5. The minimum absolute atomic E-state index is 0.164. The van der Waals surface area contributed by atoms with Gasteiger partial charge >= 0.3 is 0 Å². The lowest BCUT2D eigenvalue weighted by atomic mass is 9.84. The van der Waals surface area contributed by atoms with Gasteiger partial charge in [0.2, 0.25) is 0 Å². The highest BCUT2D eigenvalue weighted by Crippen LogP contribution is 2.42. The van der Waals surface area contributed by atoms with Crippen LogP contribution in [0.4, 0.5) is 4.39 Å². The molecule has 1 N–H and O–H groups in total. The van der Waals surface area contributed by atoms with E-state index in [4.69, 9.17) is 5.26 Å². The van der Waals surface area contributed by atoms with Crippen LogP contribution in [0.1, 0.15) is 42.9 Å².